The minimum atomic E-state index is 0.630. The van der Waals surface area contributed by atoms with Gasteiger partial charge >= 0.3 is 0 Å². The number of hydrogen-bond donors (Lipinski definition) is 0. The predicted octanol–water partition coefficient (Wildman–Crippen LogP) is 13.4. The molecular formula is C55H36N6. The second-order valence-electron chi connectivity index (χ2n) is 14.9. The van der Waals surface area contributed by atoms with Crippen LogP contribution in [0.5, 0.6) is 0 Å². The Labute approximate surface area is 353 Å². The van der Waals surface area contributed by atoms with Gasteiger partial charge in [-0.15, -0.1) is 0 Å². The second-order valence-corrected chi connectivity index (χ2v) is 14.9. The third-order valence-electron chi connectivity index (χ3n) is 11.1. The van der Waals surface area contributed by atoms with Crippen molar-refractivity contribution < 1.29 is 0 Å². The fourth-order valence-corrected chi connectivity index (χ4v) is 8.08. The first-order valence-corrected chi connectivity index (χ1v) is 20.3. The van der Waals surface area contributed by atoms with Crippen LogP contribution in [0.3, 0.4) is 0 Å². The quantitative estimate of drug-likeness (QED) is 0.154. The van der Waals surface area contributed by atoms with Crippen LogP contribution in [0, 0.1) is 0 Å². The van der Waals surface area contributed by atoms with Crippen LogP contribution >= 0.6 is 0 Å². The first-order valence-electron chi connectivity index (χ1n) is 20.3. The molecule has 0 aliphatic carbocycles. The fourth-order valence-electron chi connectivity index (χ4n) is 8.08. The monoisotopic (exact) mass is 780 g/mol. The van der Waals surface area contributed by atoms with Gasteiger partial charge in [-0.2, -0.15) is 0 Å². The van der Waals surface area contributed by atoms with Crippen LogP contribution in [0.25, 0.3) is 107 Å². The molecule has 6 nitrogen and oxygen atoms in total. The van der Waals surface area contributed by atoms with Crippen LogP contribution in [-0.2, 0) is 0 Å². The topological polar surface area (TPSA) is 69.4 Å². The number of nitrogens with zero attached hydrogens (tertiary/aromatic N) is 6. The minimum Gasteiger partial charge on any atom is -0.306 e. The van der Waals surface area contributed by atoms with E-state index in [1.807, 2.05) is 72.8 Å². The number of hydrogen-bond acceptors (Lipinski definition) is 5. The molecule has 0 fully saturated rings. The van der Waals surface area contributed by atoms with Crippen LogP contribution in [0.2, 0.25) is 0 Å². The lowest BCUT2D eigenvalue weighted by Gasteiger charge is -2.13. The van der Waals surface area contributed by atoms with E-state index in [4.69, 9.17) is 24.9 Å². The first-order chi connectivity index (χ1) is 30.2. The van der Waals surface area contributed by atoms with Crippen molar-refractivity contribution in [1.82, 2.24) is 29.5 Å². The van der Waals surface area contributed by atoms with E-state index < -0.39 is 0 Å². The number of benzene rings is 8. The molecule has 0 bridgehead atoms. The van der Waals surface area contributed by atoms with E-state index in [1.165, 1.54) is 0 Å². The molecule has 11 aromatic rings. The lowest BCUT2D eigenvalue weighted by atomic mass is 9.97. The highest BCUT2D eigenvalue weighted by Crippen LogP contribution is 2.38. The van der Waals surface area contributed by atoms with Crippen molar-refractivity contribution in [3.8, 4) is 84.7 Å². The van der Waals surface area contributed by atoms with Crippen molar-refractivity contribution in [2.75, 3.05) is 0 Å². The molecule has 286 valence electrons. The van der Waals surface area contributed by atoms with Crippen molar-refractivity contribution in [1.29, 1.82) is 0 Å². The third-order valence-corrected chi connectivity index (χ3v) is 11.1. The molecule has 0 amide bonds. The summed E-state index contributed by atoms with van der Waals surface area (Å²) < 4.78 is 2.29. The number of para-hydroxylation sites is 2. The maximum atomic E-state index is 5.35. The highest BCUT2D eigenvalue weighted by Gasteiger charge is 2.21. The van der Waals surface area contributed by atoms with Crippen molar-refractivity contribution in [2.45, 2.75) is 0 Å². The van der Waals surface area contributed by atoms with Gasteiger partial charge in [-0.25, -0.2) is 24.9 Å². The highest BCUT2D eigenvalue weighted by atomic mass is 15.0. The summed E-state index contributed by atoms with van der Waals surface area (Å²) in [6.45, 7) is 0. The molecule has 3 heterocycles. The average molecular weight is 781 g/mol. The zero-order valence-electron chi connectivity index (χ0n) is 33.0. The molecular weight excluding hydrogens is 745 g/mol. The van der Waals surface area contributed by atoms with E-state index in [1.54, 1.807) is 0 Å². The third kappa shape index (κ3) is 6.82. The summed E-state index contributed by atoms with van der Waals surface area (Å²) in [6, 6.07) is 75.2. The lowest BCUT2D eigenvalue weighted by Crippen LogP contribution is -2.00. The Hall–Kier alpha value is -8.35. The van der Waals surface area contributed by atoms with Gasteiger partial charge in [-0.05, 0) is 52.6 Å². The van der Waals surface area contributed by atoms with E-state index in [-0.39, 0.29) is 0 Å². The Balaban J connectivity index is 0.963. The van der Waals surface area contributed by atoms with E-state index in [9.17, 15) is 0 Å². The normalized spacial score (nSPS) is 11.3. The van der Waals surface area contributed by atoms with Crippen LogP contribution < -0.4 is 0 Å². The molecule has 3 aromatic heterocycles. The van der Waals surface area contributed by atoms with Crippen LogP contribution in [-0.4, -0.2) is 29.5 Å². The largest absolute Gasteiger partial charge is 0.306 e. The molecule has 0 saturated heterocycles. The number of fused-ring (bicyclic) bond motifs is 3. The maximum Gasteiger partial charge on any atom is 0.164 e. The summed E-state index contributed by atoms with van der Waals surface area (Å²) in [5, 5.41) is 1.08. The Morgan fingerprint density at radius 3 is 1.28 bits per heavy atom. The molecule has 61 heavy (non-hydrogen) atoms. The zero-order valence-corrected chi connectivity index (χ0v) is 33.0. The highest BCUT2D eigenvalue weighted by molar-refractivity contribution is 6.11. The lowest BCUT2D eigenvalue weighted by molar-refractivity contribution is 1.07. The first kappa shape index (κ1) is 35.8. The molecule has 0 radical (unpaired) electrons. The molecule has 0 unspecified atom stereocenters. The molecule has 0 saturated carbocycles. The molecule has 0 aliphatic heterocycles. The molecule has 0 spiro atoms. The van der Waals surface area contributed by atoms with Gasteiger partial charge in [-0.3, -0.25) is 0 Å². The summed E-state index contributed by atoms with van der Waals surface area (Å²) in [5.41, 5.74) is 14.1. The Kier molecular flexibility index (Phi) is 9.06. The number of rotatable bonds is 8. The summed E-state index contributed by atoms with van der Waals surface area (Å²) >= 11 is 0. The van der Waals surface area contributed by atoms with Crippen molar-refractivity contribution in [2.24, 2.45) is 0 Å². The zero-order chi connectivity index (χ0) is 40.5. The van der Waals surface area contributed by atoms with Crippen LogP contribution in [0.1, 0.15) is 0 Å². The molecule has 8 aromatic carbocycles. The van der Waals surface area contributed by atoms with Crippen molar-refractivity contribution in [3.63, 3.8) is 0 Å². The van der Waals surface area contributed by atoms with E-state index >= 15 is 0 Å². The van der Waals surface area contributed by atoms with Crippen LogP contribution in [0.15, 0.2) is 218 Å². The Bertz CT molecular complexity index is 3270. The van der Waals surface area contributed by atoms with Gasteiger partial charge in [0, 0.05) is 38.9 Å². The Morgan fingerprint density at radius 2 is 0.689 bits per heavy atom. The van der Waals surface area contributed by atoms with Crippen molar-refractivity contribution in [3.05, 3.63) is 218 Å². The molecule has 11 rings (SSSR count). The van der Waals surface area contributed by atoms with Gasteiger partial charge < -0.3 is 4.57 Å². The summed E-state index contributed by atoms with van der Waals surface area (Å²) in [5.74, 6) is 2.60. The molecule has 0 aliphatic rings. The van der Waals surface area contributed by atoms with Gasteiger partial charge in [0.15, 0.2) is 23.3 Å². The Morgan fingerprint density at radius 1 is 0.279 bits per heavy atom. The standard InChI is InChI=1S/C55H36N6/c1-5-17-38(18-6-1)49-51-50(47-29-13-14-30-48(47)61(51)46-27-11-4-12-28-46)57-55(56-49)45-26-16-25-44(36-45)43-24-15-23-42(35-43)37-31-33-41(34-32-37)54-59-52(39-19-7-2-8-20-39)58-53(60-54)40-21-9-3-10-22-40/h1-36H. The molecule has 6 heteroatoms. The summed E-state index contributed by atoms with van der Waals surface area (Å²) in [6.07, 6.45) is 0. The van der Waals surface area contributed by atoms with Crippen molar-refractivity contribution >= 4 is 21.9 Å². The second kappa shape index (κ2) is 15.4. The van der Waals surface area contributed by atoms with E-state index in [2.05, 4.69) is 150 Å². The van der Waals surface area contributed by atoms with Gasteiger partial charge in [-0.1, -0.05) is 188 Å². The smallest absolute Gasteiger partial charge is 0.164 e. The summed E-state index contributed by atoms with van der Waals surface area (Å²) in [7, 11) is 0. The molecule has 0 atom stereocenters. The van der Waals surface area contributed by atoms with Gasteiger partial charge in [0.05, 0.1) is 16.7 Å². The predicted molar refractivity (Wildman–Crippen MR) is 248 cm³/mol. The van der Waals surface area contributed by atoms with Gasteiger partial charge in [0.1, 0.15) is 5.52 Å². The van der Waals surface area contributed by atoms with E-state index in [0.29, 0.717) is 23.3 Å². The SMILES string of the molecule is c1ccc(-c2nc(-c3ccccc3)nc(-c3ccc(-c4cccc(-c5cccc(-c6nc(-c7ccccc7)c7c(n6)c6ccccc6n7-c6ccccc6)c5)c4)cc3)n2)cc1. The van der Waals surface area contributed by atoms with Gasteiger partial charge in [0.2, 0.25) is 0 Å². The average Bonchev–Trinajstić information content (AvgIpc) is 3.69. The molecule has 0 N–H and O–H groups in total. The minimum absolute atomic E-state index is 0.630. The van der Waals surface area contributed by atoms with Crippen LogP contribution in [0.4, 0.5) is 0 Å². The number of aromatic nitrogens is 6. The fraction of sp³-hybridized carbons (Fsp3) is 0. The maximum absolute atomic E-state index is 5.35. The summed E-state index contributed by atoms with van der Waals surface area (Å²) in [4.78, 5) is 25.4. The van der Waals surface area contributed by atoms with E-state index in [0.717, 1.165) is 83.4 Å². The van der Waals surface area contributed by atoms with Gasteiger partial charge in [0.25, 0.3) is 0 Å².